The summed E-state index contributed by atoms with van der Waals surface area (Å²) in [5.41, 5.74) is 2.33. The Labute approximate surface area is 96.6 Å². The molecule has 0 saturated carbocycles. The fourth-order valence-corrected chi connectivity index (χ4v) is 1.87. The van der Waals surface area contributed by atoms with Crippen LogP contribution in [0.2, 0.25) is 0 Å². The van der Waals surface area contributed by atoms with Crippen molar-refractivity contribution >= 4 is 11.3 Å². The van der Waals surface area contributed by atoms with Gasteiger partial charge in [0.2, 0.25) is 0 Å². The van der Waals surface area contributed by atoms with Crippen molar-refractivity contribution < 1.29 is 0 Å². The summed E-state index contributed by atoms with van der Waals surface area (Å²) in [5.74, 6) is 0.586. The normalized spacial score (nSPS) is 10.6. The van der Waals surface area contributed by atoms with Crippen LogP contribution < -0.4 is 10.9 Å². The van der Waals surface area contributed by atoms with Gasteiger partial charge in [0, 0.05) is 18.8 Å². The lowest BCUT2D eigenvalue weighted by molar-refractivity contribution is 0.708. The highest BCUT2D eigenvalue weighted by Gasteiger charge is 2.04. The molecule has 0 fully saturated rings. The Balaban J connectivity index is 2.33. The van der Waals surface area contributed by atoms with Crippen molar-refractivity contribution in [3.8, 4) is 10.7 Å². The second-order valence-corrected chi connectivity index (χ2v) is 4.12. The first-order chi connectivity index (χ1) is 7.79. The van der Waals surface area contributed by atoms with Crippen LogP contribution in [0.4, 0.5) is 0 Å². The molecule has 6 heteroatoms. The average Bonchev–Trinajstić information content (AvgIpc) is 2.79. The topological polar surface area (TPSA) is 70.7 Å². The first-order valence-corrected chi connectivity index (χ1v) is 5.87. The van der Waals surface area contributed by atoms with E-state index in [4.69, 9.17) is 0 Å². The molecule has 0 amide bonds. The molecule has 16 heavy (non-hydrogen) atoms. The molecule has 0 spiro atoms. The highest BCUT2D eigenvalue weighted by Crippen LogP contribution is 2.17. The summed E-state index contributed by atoms with van der Waals surface area (Å²) in [6.07, 6.45) is 1.69. The van der Waals surface area contributed by atoms with Gasteiger partial charge >= 0.3 is 0 Å². The third kappa shape index (κ3) is 2.53. The number of aromatic amines is 1. The summed E-state index contributed by atoms with van der Waals surface area (Å²) in [7, 11) is 0. The highest BCUT2D eigenvalue weighted by atomic mass is 32.1. The van der Waals surface area contributed by atoms with Gasteiger partial charge in [0.05, 0.1) is 16.1 Å². The van der Waals surface area contributed by atoms with E-state index < -0.39 is 0 Å². The first-order valence-electron chi connectivity index (χ1n) is 4.99. The molecule has 84 valence electrons. The molecule has 0 bridgehead atoms. The Morgan fingerprint density at radius 1 is 1.56 bits per heavy atom. The van der Waals surface area contributed by atoms with Crippen molar-refractivity contribution in [2.24, 2.45) is 0 Å². The van der Waals surface area contributed by atoms with E-state index in [2.05, 4.69) is 20.3 Å². The number of aromatic nitrogens is 3. The molecule has 0 aromatic carbocycles. The molecule has 2 N–H and O–H groups in total. The van der Waals surface area contributed by atoms with Crippen LogP contribution in [0.5, 0.6) is 0 Å². The van der Waals surface area contributed by atoms with Crippen molar-refractivity contribution in [1.82, 2.24) is 20.3 Å². The Kier molecular flexibility index (Phi) is 3.43. The average molecular weight is 236 g/mol. The van der Waals surface area contributed by atoms with Crippen LogP contribution in [-0.4, -0.2) is 21.5 Å². The van der Waals surface area contributed by atoms with Crippen LogP contribution in [-0.2, 0) is 6.54 Å². The van der Waals surface area contributed by atoms with Crippen LogP contribution in [0, 0.1) is 0 Å². The molecule has 0 aliphatic rings. The first kappa shape index (κ1) is 11.0. The van der Waals surface area contributed by atoms with Gasteiger partial charge in [0.15, 0.2) is 5.82 Å². The number of hydrogen-bond acceptors (Lipinski definition) is 5. The molecule has 0 atom stereocenters. The van der Waals surface area contributed by atoms with Crippen LogP contribution in [0.25, 0.3) is 10.7 Å². The van der Waals surface area contributed by atoms with Crippen molar-refractivity contribution in [3.05, 3.63) is 33.8 Å². The summed E-state index contributed by atoms with van der Waals surface area (Å²) in [5, 5.41) is 3.14. The van der Waals surface area contributed by atoms with Gasteiger partial charge in [-0.2, -0.15) is 0 Å². The molecule has 2 heterocycles. The molecule has 0 unspecified atom stereocenters. The number of rotatable bonds is 4. The van der Waals surface area contributed by atoms with Gasteiger partial charge in [0.25, 0.3) is 5.56 Å². The van der Waals surface area contributed by atoms with Crippen LogP contribution in [0.1, 0.15) is 12.6 Å². The summed E-state index contributed by atoms with van der Waals surface area (Å²) < 4.78 is 0. The molecule has 0 aliphatic carbocycles. The predicted octanol–water partition coefficient (Wildman–Crippen LogP) is 1.00. The molecule has 0 aliphatic heterocycles. The van der Waals surface area contributed by atoms with E-state index in [1.807, 2.05) is 6.92 Å². The number of nitrogens with zero attached hydrogens (tertiary/aromatic N) is 2. The second-order valence-electron chi connectivity index (χ2n) is 3.23. The van der Waals surface area contributed by atoms with Gasteiger partial charge in [-0.25, -0.2) is 4.98 Å². The number of nitrogens with one attached hydrogen (secondary N) is 2. The minimum atomic E-state index is -0.133. The summed E-state index contributed by atoms with van der Waals surface area (Å²) >= 11 is 1.45. The number of thiazole rings is 1. The van der Waals surface area contributed by atoms with E-state index >= 15 is 0 Å². The minimum absolute atomic E-state index is 0.133. The molecule has 5 nitrogen and oxygen atoms in total. The molecular formula is C10H12N4OS. The van der Waals surface area contributed by atoms with Crippen LogP contribution in [0.15, 0.2) is 22.6 Å². The van der Waals surface area contributed by atoms with Crippen molar-refractivity contribution in [2.45, 2.75) is 13.5 Å². The maximum Gasteiger partial charge on any atom is 0.251 e. The van der Waals surface area contributed by atoms with Crippen LogP contribution >= 0.6 is 11.3 Å². The molecule has 2 aromatic rings. The third-order valence-corrected chi connectivity index (χ3v) is 2.80. The van der Waals surface area contributed by atoms with E-state index in [-0.39, 0.29) is 5.56 Å². The van der Waals surface area contributed by atoms with Gasteiger partial charge in [-0.15, -0.1) is 11.3 Å². The Bertz CT molecular complexity index is 506. The molecule has 2 aromatic heterocycles. The quantitative estimate of drug-likeness (QED) is 0.831. The van der Waals surface area contributed by atoms with Gasteiger partial charge < -0.3 is 10.3 Å². The molecule has 2 rings (SSSR count). The monoisotopic (exact) mass is 236 g/mol. The molecule has 0 saturated heterocycles. The lowest BCUT2D eigenvalue weighted by atomic mass is 10.3. The predicted molar refractivity (Wildman–Crippen MR) is 63.3 cm³/mol. The standard InChI is InChI=1S/C10H12N4OS/c1-2-11-4-7-3-9(15)14-10(13-7)8-5-12-6-16-8/h3,5-6,11H,2,4H2,1H3,(H,13,14,15). The van der Waals surface area contributed by atoms with E-state index in [1.54, 1.807) is 11.7 Å². The lowest BCUT2D eigenvalue weighted by Gasteiger charge is -2.02. The zero-order valence-corrected chi connectivity index (χ0v) is 9.67. The smallest absolute Gasteiger partial charge is 0.251 e. The lowest BCUT2D eigenvalue weighted by Crippen LogP contribution is -2.17. The van der Waals surface area contributed by atoms with Gasteiger partial charge in [0.1, 0.15) is 0 Å². The minimum Gasteiger partial charge on any atom is -0.311 e. The van der Waals surface area contributed by atoms with Crippen LogP contribution in [0.3, 0.4) is 0 Å². The van der Waals surface area contributed by atoms with Crippen molar-refractivity contribution in [2.75, 3.05) is 6.54 Å². The van der Waals surface area contributed by atoms with Crippen molar-refractivity contribution in [1.29, 1.82) is 0 Å². The van der Waals surface area contributed by atoms with E-state index in [1.165, 1.54) is 17.4 Å². The highest BCUT2D eigenvalue weighted by molar-refractivity contribution is 7.13. The zero-order chi connectivity index (χ0) is 11.4. The Morgan fingerprint density at radius 3 is 3.12 bits per heavy atom. The number of hydrogen-bond donors (Lipinski definition) is 2. The van der Waals surface area contributed by atoms with E-state index in [0.717, 1.165) is 17.1 Å². The Hall–Kier alpha value is -1.53. The number of H-pyrrole nitrogens is 1. The SMILES string of the molecule is CCNCc1cc(=O)[nH]c(-c2cncs2)n1. The fraction of sp³-hybridized carbons (Fsp3) is 0.300. The maximum atomic E-state index is 11.4. The summed E-state index contributed by atoms with van der Waals surface area (Å²) in [6.45, 7) is 3.47. The zero-order valence-electron chi connectivity index (χ0n) is 8.86. The Morgan fingerprint density at radius 2 is 2.44 bits per heavy atom. The van der Waals surface area contributed by atoms with Gasteiger partial charge in [-0.05, 0) is 6.54 Å². The summed E-state index contributed by atoms with van der Waals surface area (Å²) in [4.78, 5) is 23.3. The molecule has 0 radical (unpaired) electrons. The van der Waals surface area contributed by atoms with Gasteiger partial charge in [-0.1, -0.05) is 6.92 Å². The second kappa shape index (κ2) is 5.00. The molecular weight excluding hydrogens is 224 g/mol. The largest absolute Gasteiger partial charge is 0.311 e. The summed E-state index contributed by atoms with van der Waals surface area (Å²) in [6, 6.07) is 1.51. The fourth-order valence-electron chi connectivity index (χ4n) is 1.30. The van der Waals surface area contributed by atoms with Gasteiger partial charge in [-0.3, -0.25) is 9.78 Å². The maximum absolute atomic E-state index is 11.4. The third-order valence-electron chi connectivity index (χ3n) is 2.02. The van der Waals surface area contributed by atoms with Crippen molar-refractivity contribution in [3.63, 3.8) is 0 Å². The van der Waals surface area contributed by atoms with E-state index in [0.29, 0.717) is 12.4 Å². The van der Waals surface area contributed by atoms with E-state index in [9.17, 15) is 4.79 Å².